The molecule has 0 aliphatic carbocycles. The summed E-state index contributed by atoms with van der Waals surface area (Å²) in [6, 6.07) is 3.39. The van der Waals surface area contributed by atoms with Crippen molar-refractivity contribution in [2.24, 2.45) is 5.73 Å². The number of nitrogens with two attached hydrogens (primary N) is 1. The van der Waals surface area contributed by atoms with Gasteiger partial charge < -0.3 is 15.8 Å². The van der Waals surface area contributed by atoms with Crippen LogP contribution in [0.4, 0.5) is 10.1 Å². The van der Waals surface area contributed by atoms with E-state index in [1.165, 1.54) is 0 Å². The smallest absolute Gasteiger partial charge is 0.161 e. The monoisotopic (exact) mass is 375 g/mol. The van der Waals surface area contributed by atoms with Crippen molar-refractivity contribution in [3.8, 4) is 0 Å². The number of hydrogen-bond acceptors (Lipinski definition) is 4. The number of nitrogens with one attached hydrogen (secondary N) is 1. The molecule has 0 spiro atoms. The summed E-state index contributed by atoms with van der Waals surface area (Å²) in [5, 5.41) is 3.11. The van der Waals surface area contributed by atoms with Crippen LogP contribution in [0.3, 0.4) is 0 Å². The first-order chi connectivity index (χ1) is 10.1. The molecule has 0 unspecified atom stereocenters. The van der Waals surface area contributed by atoms with E-state index in [1.807, 2.05) is 0 Å². The largest absolute Gasteiger partial charge is 0.389 e. The normalized spacial score (nSPS) is 15.9. The van der Waals surface area contributed by atoms with E-state index < -0.39 is 0 Å². The highest BCUT2D eigenvalue weighted by Gasteiger charge is 2.13. The van der Waals surface area contributed by atoms with Crippen molar-refractivity contribution in [2.75, 3.05) is 44.7 Å². The van der Waals surface area contributed by atoms with Crippen LogP contribution in [0.15, 0.2) is 16.6 Å². The van der Waals surface area contributed by atoms with E-state index in [9.17, 15) is 4.39 Å². The molecule has 0 saturated carbocycles. The molecule has 2 rings (SSSR count). The lowest BCUT2D eigenvalue weighted by Gasteiger charge is -2.26. The first-order valence-corrected chi connectivity index (χ1v) is 8.11. The number of halogens is 2. The molecule has 7 heteroatoms. The molecule has 1 saturated heterocycles. The van der Waals surface area contributed by atoms with Crippen LogP contribution in [-0.2, 0) is 4.74 Å². The van der Waals surface area contributed by atoms with E-state index >= 15 is 0 Å². The summed E-state index contributed by atoms with van der Waals surface area (Å²) >= 11 is 8.07. The summed E-state index contributed by atoms with van der Waals surface area (Å²) in [4.78, 5) is 2.53. The van der Waals surface area contributed by atoms with Crippen molar-refractivity contribution < 1.29 is 9.13 Å². The molecular weight excluding hydrogens is 357 g/mol. The van der Waals surface area contributed by atoms with Gasteiger partial charge in [-0.1, -0.05) is 12.2 Å². The van der Waals surface area contributed by atoms with Crippen LogP contribution >= 0.6 is 28.1 Å². The molecule has 0 amide bonds. The van der Waals surface area contributed by atoms with Gasteiger partial charge in [0.2, 0.25) is 0 Å². The second-order valence-corrected chi connectivity index (χ2v) is 6.12. The van der Waals surface area contributed by atoms with Gasteiger partial charge >= 0.3 is 0 Å². The average Bonchev–Trinajstić information content (AvgIpc) is 2.48. The number of benzene rings is 1. The molecule has 1 aromatic carbocycles. The lowest BCUT2D eigenvalue weighted by atomic mass is 10.2. The van der Waals surface area contributed by atoms with Gasteiger partial charge in [-0.15, -0.1) is 0 Å². The van der Waals surface area contributed by atoms with E-state index in [1.54, 1.807) is 12.1 Å². The molecule has 0 radical (unpaired) electrons. The number of morpholine rings is 1. The molecule has 0 aromatic heterocycles. The molecule has 4 nitrogen and oxygen atoms in total. The van der Waals surface area contributed by atoms with E-state index in [0.717, 1.165) is 39.3 Å². The molecule has 21 heavy (non-hydrogen) atoms. The third-order valence-corrected chi connectivity index (χ3v) is 4.41. The van der Waals surface area contributed by atoms with Crippen molar-refractivity contribution in [3.63, 3.8) is 0 Å². The molecule has 3 N–H and O–H groups in total. The third kappa shape index (κ3) is 4.60. The maximum absolute atomic E-state index is 14.2. The lowest BCUT2D eigenvalue weighted by Crippen LogP contribution is -2.37. The Morgan fingerprint density at radius 2 is 2.14 bits per heavy atom. The Balaban J connectivity index is 1.83. The molecule has 116 valence electrons. The summed E-state index contributed by atoms with van der Waals surface area (Å²) in [5.74, 6) is -0.355. The van der Waals surface area contributed by atoms with Gasteiger partial charge in [-0.3, -0.25) is 4.90 Å². The highest BCUT2D eigenvalue weighted by atomic mass is 79.9. The van der Waals surface area contributed by atoms with Crippen molar-refractivity contribution in [1.82, 2.24) is 4.90 Å². The highest BCUT2D eigenvalue weighted by molar-refractivity contribution is 9.10. The van der Waals surface area contributed by atoms with E-state index in [0.29, 0.717) is 22.3 Å². The summed E-state index contributed by atoms with van der Waals surface area (Å²) < 4.78 is 19.8. The van der Waals surface area contributed by atoms with Gasteiger partial charge in [0, 0.05) is 25.2 Å². The number of nitrogens with zero attached hydrogens (tertiary/aromatic N) is 1. The SMILES string of the molecule is NC(=S)c1ccc(NCCCN2CCOCC2)c(F)c1Br. The van der Waals surface area contributed by atoms with Crippen molar-refractivity contribution in [3.05, 3.63) is 28.0 Å². The summed E-state index contributed by atoms with van der Waals surface area (Å²) in [6.07, 6.45) is 0.952. The quantitative estimate of drug-likeness (QED) is 0.590. The Morgan fingerprint density at radius 3 is 2.81 bits per heavy atom. The molecule has 1 aromatic rings. The van der Waals surface area contributed by atoms with Crippen LogP contribution < -0.4 is 11.1 Å². The molecular formula is C14H19BrFN3OS. The first kappa shape index (κ1) is 16.6. The third-order valence-electron chi connectivity index (χ3n) is 3.42. The fourth-order valence-electron chi connectivity index (χ4n) is 2.23. The minimum absolute atomic E-state index is 0.180. The molecule has 1 aliphatic rings. The van der Waals surface area contributed by atoms with Crippen LogP contribution in [0.25, 0.3) is 0 Å². The summed E-state index contributed by atoms with van der Waals surface area (Å²) in [6.45, 7) is 5.26. The van der Waals surface area contributed by atoms with Gasteiger partial charge in [0.1, 0.15) is 4.99 Å². The number of rotatable bonds is 6. The van der Waals surface area contributed by atoms with Crippen molar-refractivity contribution >= 4 is 38.8 Å². The van der Waals surface area contributed by atoms with Gasteiger partial charge in [0.25, 0.3) is 0 Å². The van der Waals surface area contributed by atoms with Gasteiger partial charge in [0.05, 0.1) is 23.4 Å². The predicted molar refractivity (Wildman–Crippen MR) is 90.4 cm³/mol. The van der Waals surface area contributed by atoms with Crippen LogP contribution in [0.1, 0.15) is 12.0 Å². The van der Waals surface area contributed by atoms with Gasteiger partial charge in [-0.05, 0) is 41.0 Å². The maximum atomic E-state index is 14.2. The van der Waals surface area contributed by atoms with Crippen LogP contribution in [-0.4, -0.2) is 49.3 Å². The van der Waals surface area contributed by atoms with Crippen LogP contribution in [0, 0.1) is 5.82 Å². The Kier molecular flexibility index (Phi) is 6.35. The zero-order chi connectivity index (χ0) is 15.2. The highest BCUT2D eigenvalue weighted by Crippen LogP contribution is 2.27. The Labute approximate surface area is 138 Å². The zero-order valence-electron chi connectivity index (χ0n) is 11.7. The standard InChI is InChI=1S/C14H19BrFN3OS/c15-12-10(14(17)21)2-3-11(13(12)16)18-4-1-5-19-6-8-20-9-7-19/h2-3,18H,1,4-9H2,(H2,17,21). The molecule has 0 atom stereocenters. The van der Waals surface area contributed by atoms with E-state index in [4.69, 9.17) is 22.7 Å². The van der Waals surface area contributed by atoms with Crippen LogP contribution in [0.2, 0.25) is 0 Å². The molecule has 0 bridgehead atoms. The minimum Gasteiger partial charge on any atom is -0.389 e. The maximum Gasteiger partial charge on any atom is 0.161 e. The Hall–Kier alpha value is -0.760. The topological polar surface area (TPSA) is 50.5 Å². The van der Waals surface area contributed by atoms with Gasteiger partial charge in [-0.2, -0.15) is 0 Å². The molecule has 1 heterocycles. The lowest BCUT2D eigenvalue weighted by molar-refractivity contribution is 0.0378. The second-order valence-electron chi connectivity index (χ2n) is 4.89. The Morgan fingerprint density at radius 1 is 1.43 bits per heavy atom. The van der Waals surface area contributed by atoms with Crippen LogP contribution in [0.5, 0.6) is 0 Å². The zero-order valence-corrected chi connectivity index (χ0v) is 14.1. The number of ether oxygens (including phenoxy) is 1. The Bertz CT molecular complexity index is 509. The molecule has 1 aliphatic heterocycles. The number of hydrogen-bond donors (Lipinski definition) is 2. The summed E-state index contributed by atoms with van der Waals surface area (Å²) in [5.41, 5.74) is 6.51. The fourth-order valence-corrected chi connectivity index (χ4v) is 3.09. The first-order valence-electron chi connectivity index (χ1n) is 6.91. The number of thiocarbonyl (C=S) groups is 1. The predicted octanol–water partition coefficient (Wildman–Crippen LogP) is 2.36. The number of anilines is 1. The summed E-state index contributed by atoms with van der Waals surface area (Å²) in [7, 11) is 0. The average molecular weight is 376 g/mol. The second kappa shape index (κ2) is 8.03. The van der Waals surface area contributed by atoms with Crippen molar-refractivity contribution in [1.29, 1.82) is 0 Å². The van der Waals surface area contributed by atoms with Crippen molar-refractivity contribution in [2.45, 2.75) is 6.42 Å². The molecule has 1 fully saturated rings. The minimum atomic E-state index is -0.355. The van der Waals surface area contributed by atoms with E-state index in [2.05, 4.69) is 26.1 Å². The van der Waals surface area contributed by atoms with Gasteiger partial charge in [-0.25, -0.2) is 4.39 Å². The van der Waals surface area contributed by atoms with E-state index in [-0.39, 0.29) is 10.8 Å². The fraction of sp³-hybridized carbons (Fsp3) is 0.500. The van der Waals surface area contributed by atoms with Gasteiger partial charge in [0.15, 0.2) is 5.82 Å².